The summed E-state index contributed by atoms with van der Waals surface area (Å²) in [5.41, 5.74) is 3.96. The van der Waals surface area contributed by atoms with Gasteiger partial charge in [-0.15, -0.1) is 0 Å². The SMILES string of the molecule is CCCc1nc(CSCC(C)C)nc2c1CCNC2. The van der Waals surface area contributed by atoms with E-state index in [1.807, 2.05) is 11.8 Å². The summed E-state index contributed by atoms with van der Waals surface area (Å²) < 4.78 is 0. The van der Waals surface area contributed by atoms with Crippen LogP contribution in [0.15, 0.2) is 0 Å². The first-order valence-corrected chi connectivity index (χ1v) is 8.52. The molecule has 0 aliphatic carbocycles. The highest BCUT2D eigenvalue weighted by Crippen LogP contribution is 2.20. The molecule has 0 saturated heterocycles. The van der Waals surface area contributed by atoms with Gasteiger partial charge in [-0.2, -0.15) is 11.8 Å². The molecule has 0 radical (unpaired) electrons. The molecule has 0 fully saturated rings. The van der Waals surface area contributed by atoms with Crippen molar-refractivity contribution < 1.29 is 0 Å². The number of rotatable bonds is 6. The molecular weight excluding hydrogens is 254 g/mol. The van der Waals surface area contributed by atoms with Crippen LogP contribution in [0.1, 0.15) is 50.0 Å². The van der Waals surface area contributed by atoms with Crippen LogP contribution in [0.3, 0.4) is 0 Å². The smallest absolute Gasteiger partial charge is 0.138 e. The Bertz CT molecular complexity index is 418. The van der Waals surface area contributed by atoms with E-state index >= 15 is 0 Å². The van der Waals surface area contributed by atoms with Crippen molar-refractivity contribution in [1.82, 2.24) is 15.3 Å². The zero-order chi connectivity index (χ0) is 13.7. The number of aromatic nitrogens is 2. The predicted octanol–water partition coefficient (Wildman–Crippen LogP) is 2.96. The Morgan fingerprint density at radius 3 is 2.89 bits per heavy atom. The minimum atomic E-state index is 0.736. The summed E-state index contributed by atoms with van der Waals surface area (Å²) in [7, 11) is 0. The topological polar surface area (TPSA) is 37.8 Å². The van der Waals surface area contributed by atoms with Crippen LogP contribution in [0.4, 0.5) is 0 Å². The molecule has 0 unspecified atom stereocenters. The van der Waals surface area contributed by atoms with Crippen LogP contribution in [0.2, 0.25) is 0 Å². The van der Waals surface area contributed by atoms with Gasteiger partial charge in [0, 0.05) is 12.2 Å². The Kier molecular flexibility index (Phi) is 5.64. The Balaban J connectivity index is 2.13. The fraction of sp³-hybridized carbons (Fsp3) is 0.733. The van der Waals surface area contributed by atoms with Crippen molar-refractivity contribution in [3.63, 3.8) is 0 Å². The quantitative estimate of drug-likeness (QED) is 0.869. The van der Waals surface area contributed by atoms with Crippen molar-refractivity contribution in [2.45, 2.75) is 52.3 Å². The van der Waals surface area contributed by atoms with E-state index in [0.717, 1.165) is 49.8 Å². The molecule has 1 aromatic heterocycles. The molecule has 0 bridgehead atoms. The van der Waals surface area contributed by atoms with Gasteiger partial charge in [-0.1, -0.05) is 27.2 Å². The summed E-state index contributed by atoms with van der Waals surface area (Å²) in [5.74, 6) is 3.89. The van der Waals surface area contributed by atoms with Crippen LogP contribution in [0, 0.1) is 5.92 Å². The molecule has 0 atom stereocenters. The summed E-state index contributed by atoms with van der Waals surface area (Å²) in [6, 6.07) is 0. The molecule has 106 valence electrons. The van der Waals surface area contributed by atoms with Gasteiger partial charge in [0.2, 0.25) is 0 Å². The summed E-state index contributed by atoms with van der Waals surface area (Å²) in [5, 5.41) is 3.41. The third-order valence-corrected chi connectivity index (χ3v) is 4.60. The van der Waals surface area contributed by atoms with Gasteiger partial charge < -0.3 is 5.32 Å². The van der Waals surface area contributed by atoms with Crippen LogP contribution >= 0.6 is 11.8 Å². The van der Waals surface area contributed by atoms with E-state index < -0.39 is 0 Å². The van der Waals surface area contributed by atoms with Crippen molar-refractivity contribution >= 4 is 11.8 Å². The Hall–Kier alpha value is -0.610. The third-order valence-electron chi connectivity index (χ3n) is 3.24. The van der Waals surface area contributed by atoms with Crippen LogP contribution < -0.4 is 5.32 Å². The van der Waals surface area contributed by atoms with Crippen molar-refractivity contribution in [3.05, 3.63) is 22.8 Å². The van der Waals surface area contributed by atoms with Crippen molar-refractivity contribution in [3.8, 4) is 0 Å². The molecule has 1 aromatic rings. The Morgan fingerprint density at radius 1 is 1.32 bits per heavy atom. The molecule has 0 amide bonds. The summed E-state index contributed by atoms with van der Waals surface area (Å²) in [6.07, 6.45) is 3.34. The standard InChI is InChI=1S/C15H25N3S/c1-4-5-13-12-6-7-16-8-14(12)18-15(17-13)10-19-9-11(2)3/h11,16H,4-10H2,1-3H3. The van der Waals surface area contributed by atoms with Gasteiger partial charge in [-0.05, 0) is 36.6 Å². The first-order chi connectivity index (χ1) is 9.20. The highest BCUT2D eigenvalue weighted by atomic mass is 32.2. The molecule has 1 N–H and O–H groups in total. The fourth-order valence-electron chi connectivity index (χ4n) is 2.39. The number of hydrogen-bond donors (Lipinski definition) is 1. The molecule has 19 heavy (non-hydrogen) atoms. The van der Waals surface area contributed by atoms with Crippen molar-refractivity contribution in [2.75, 3.05) is 12.3 Å². The maximum atomic E-state index is 4.81. The monoisotopic (exact) mass is 279 g/mol. The first-order valence-electron chi connectivity index (χ1n) is 7.36. The first kappa shape index (κ1) is 14.8. The van der Waals surface area contributed by atoms with Gasteiger partial charge in [0.05, 0.1) is 11.4 Å². The van der Waals surface area contributed by atoms with E-state index in [1.165, 1.54) is 22.7 Å². The summed E-state index contributed by atoms with van der Waals surface area (Å²) in [4.78, 5) is 9.57. The highest BCUT2D eigenvalue weighted by Gasteiger charge is 2.16. The maximum absolute atomic E-state index is 4.81. The largest absolute Gasteiger partial charge is 0.311 e. The highest BCUT2D eigenvalue weighted by molar-refractivity contribution is 7.98. The van der Waals surface area contributed by atoms with Crippen molar-refractivity contribution in [2.24, 2.45) is 5.92 Å². The molecule has 1 aliphatic heterocycles. The number of hydrogen-bond acceptors (Lipinski definition) is 4. The normalized spacial score (nSPS) is 14.7. The molecule has 3 nitrogen and oxygen atoms in total. The fourth-order valence-corrected chi connectivity index (χ4v) is 3.29. The summed E-state index contributed by atoms with van der Waals surface area (Å²) in [6.45, 7) is 8.72. The minimum Gasteiger partial charge on any atom is -0.311 e. The molecule has 1 aliphatic rings. The lowest BCUT2D eigenvalue weighted by Gasteiger charge is -2.20. The van der Waals surface area contributed by atoms with E-state index in [4.69, 9.17) is 9.97 Å². The number of aryl methyl sites for hydroxylation is 1. The second kappa shape index (κ2) is 7.25. The van der Waals surface area contributed by atoms with Gasteiger partial charge in [-0.25, -0.2) is 9.97 Å². The van der Waals surface area contributed by atoms with Crippen LogP contribution in [-0.2, 0) is 25.1 Å². The second-order valence-electron chi connectivity index (χ2n) is 5.60. The van der Waals surface area contributed by atoms with Crippen LogP contribution in [-0.4, -0.2) is 22.3 Å². The van der Waals surface area contributed by atoms with E-state index in [2.05, 4.69) is 26.1 Å². The Morgan fingerprint density at radius 2 is 2.16 bits per heavy atom. The lowest BCUT2D eigenvalue weighted by molar-refractivity contribution is 0.608. The van der Waals surface area contributed by atoms with Crippen molar-refractivity contribution in [1.29, 1.82) is 0 Å². The molecule has 0 saturated carbocycles. The zero-order valence-electron chi connectivity index (χ0n) is 12.3. The maximum Gasteiger partial charge on any atom is 0.138 e. The van der Waals surface area contributed by atoms with E-state index in [0.29, 0.717) is 0 Å². The van der Waals surface area contributed by atoms with E-state index in [-0.39, 0.29) is 0 Å². The van der Waals surface area contributed by atoms with E-state index in [1.54, 1.807) is 0 Å². The molecule has 2 rings (SSSR count). The number of nitrogens with one attached hydrogen (secondary N) is 1. The molecule has 0 aromatic carbocycles. The molecule has 2 heterocycles. The van der Waals surface area contributed by atoms with Crippen LogP contribution in [0.25, 0.3) is 0 Å². The average Bonchev–Trinajstić information content (AvgIpc) is 2.39. The lowest BCUT2D eigenvalue weighted by Crippen LogP contribution is -2.27. The molecular formula is C15H25N3S. The van der Waals surface area contributed by atoms with Gasteiger partial charge in [0.1, 0.15) is 5.82 Å². The van der Waals surface area contributed by atoms with Gasteiger partial charge in [0.15, 0.2) is 0 Å². The van der Waals surface area contributed by atoms with Gasteiger partial charge in [-0.3, -0.25) is 0 Å². The predicted molar refractivity (Wildman–Crippen MR) is 82.4 cm³/mol. The van der Waals surface area contributed by atoms with Gasteiger partial charge in [0.25, 0.3) is 0 Å². The Labute approximate surface area is 121 Å². The third kappa shape index (κ3) is 4.18. The number of nitrogens with zero attached hydrogens (tertiary/aromatic N) is 2. The minimum absolute atomic E-state index is 0.736. The van der Waals surface area contributed by atoms with E-state index in [9.17, 15) is 0 Å². The lowest BCUT2D eigenvalue weighted by atomic mass is 10.0. The zero-order valence-corrected chi connectivity index (χ0v) is 13.1. The molecule has 0 spiro atoms. The molecule has 4 heteroatoms. The number of thioether (sulfide) groups is 1. The number of fused-ring (bicyclic) bond motifs is 1. The van der Waals surface area contributed by atoms with Crippen LogP contribution in [0.5, 0.6) is 0 Å². The second-order valence-corrected chi connectivity index (χ2v) is 6.63. The summed E-state index contributed by atoms with van der Waals surface area (Å²) >= 11 is 1.95. The van der Waals surface area contributed by atoms with Gasteiger partial charge >= 0.3 is 0 Å². The average molecular weight is 279 g/mol.